The minimum atomic E-state index is -0.187. The highest BCUT2D eigenvalue weighted by atomic mass is 32.2. The molecule has 0 spiro atoms. The van der Waals surface area contributed by atoms with Crippen LogP contribution in [-0.2, 0) is 0 Å². The Balaban J connectivity index is 1.58. The minimum absolute atomic E-state index is 0.187. The molecule has 0 fully saturated rings. The van der Waals surface area contributed by atoms with Gasteiger partial charge in [-0.3, -0.25) is 4.79 Å². The molecule has 0 saturated carbocycles. The van der Waals surface area contributed by atoms with Crippen molar-refractivity contribution in [3.05, 3.63) is 71.8 Å². The van der Waals surface area contributed by atoms with Crippen LogP contribution in [0.3, 0.4) is 0 Å². The summed E-state index contributed by atoms with van der Waals surface area (Å²) in [6.07, 6.45) is 0. The molecule has 0 saturated heterocycles. The second kappa shape index (κ2) is 7.90. The number of ether oxygens (including phenoxy) is 1. The molecule has 1 heterocycles. The number of hydrogen-bond acceptors (Lipinski definition) is 5. The van der Waals surface area contributed by atoms with Gasteiger partial charge >= 0.3 is 0 Å². The standard InChI is InChI=1S/C23H19N3O2S/c1-3-28-18-9-10-19-22(13-18)29-21-11-6-16(12-20(21)26(19)2)23(27)25-17-7-4-15(14-24)5-8-17/h4-13H,3H2,1-2H3,(H,25,27). The second-order valence-corrected chi connectivity index (χ2v) is 7.63. The molecule has 3 aromatic rings. The summed E-state index contributed by atoms with van der Waals surface area (Å²) in [5.41, 5.74) is 3.86. The Bertz CT molecular complexity index is 1120. The van der Waals surface area contributed by atoms with Gasteiger partial charge in [0, 0.05) is 28.1 Å². The highest BCUT2D eigenvalue weighted by molar-refractivity contribution is 7.99. The largest absolute Gasteiger partial charge is 0.494 e. The van der Waals surface area contributed by atoms with Gasteiger partial charge in [-0.15, -0.1) is 0 Å². The Labute approximate surface area is 173 Å². The Hall–Kier alpha value is -3.43. The molecule has 1 N–H and O–H groups in total. The molecule has 0 bridgehead atoms. The van der Waals surface area contributed by atoms with E-state index in [9.17, 15) is 4.79 Å². The molecule has 3 aromatic carbocycles. The zero-order valence-electron chi connectivity index (χ0n) is 16.1. The van der Waals surface area contributed by atoms with E-state index >= 15 is 0 Å². The van der Waals surface area contributed by atoms with Crippen LogP contribution in [0.2, 0.25) is 0 Å². The topological polar surface area (TPSA) is 65.4 Å². The number of amides is 1. The fourth-order valence-electron chi connectivity index (χ4n) is 3.20. The van der Waals surface area contributed by atoms with Crippen LogP contribution in [0.4, 0.5) is 17.1 Å². The normalized spacial score (nSPS) is 11.8. The van der Waals surface area contributed by atoms with Gasteiger partial charge in [-0.25, -0.2) is 0 Å². The van der Waals surface area contributed by atoms with Crippen LogP contribution in [0.15, 0.2) is 70.5 Å². The summed E-state index contributed by atoms with van der Waals surface area (Å²) in [6, 6.07) is 20.6. The molecule has 144 valence electrons. The van der Waals surface area contributed by atoms with Crippen molar-refractivity contribution in [2.45, 2.75) is 16.7 Å². The minimum Gasteiger partial charge on any atom is -0.494 e. The highest BCUT2D eigenvalue weighted by Crippen LogP contribution is 2.48. The van der Waals surface area contributed by atoms with E-state index in [2.05, 4.69) is 22.4 Å². The molecule has 0 aliphatic carbocycles. The van der Waals surface area contributed by atoms with Crippen molar-refractivity contribution in [3.63, 3.8) is 0 Å². The van der Waals surface area contributed by atoms with Gasteiger partial charge in [0.2, 0.25) is 0 Å². The molecule has 0 atom stereocenters. The van der Waals surface area contributed by atoms with Gasteiger partial charge in [0.25, 0.3) is 5.91 Å². The van der Waals surface area contributed by atoms with Crippen LogP contribution >= 0.6 is 11.8 Å². The summed E-state index contributed by atoms with van der Waals surface area (Å²) in [5, 5.41) is 11.8. The van der Waals surface area contributed by atoms with Crippen LogP contribution in [0.5, 0.6) is 5.75 Å². The summed E-state index contributed by atoms with van der Waals surface area (Å²) in [6.45, 7) is 2.60. The number of benzene rings is 3. The van der Waals surface area contributed by atoms with Crippen molar-refractivity contribution >= 4 is 34.7 Å². The first-order valence-electron chi connectivity index (χ1n) is 9.23. The van der Waals surface area contributed by atoms with E-state index in [1.807, 2.05) is 44.3 Å². The van der Waals surface area contributed by atoms with Gasteiger partial charge in [-0.1, -0.05) is 11.8 Å². The van der Waals surface area contributed by atoms with E-state index in [1.54, 1.807) is 36.0 Å². The average molecular weight is 401 g/mol. The summed E-state index contributed by atoms with van der Waals surface area (Å²) >= 11 is 1.67. The van der Waals surface area contributed by atoms with Gasteiger partial charge in [0.1, 0.15) is 5.75 Å². The third kappa shape index (κ3) is 3.78. The van der Waals surface area contributed by atoms with Crippen LogP contribution in [0.25, 0.3) is 0 Å². The van der Waals surface area contributed by atoms with Crippen molar-refractivity contribution < 1.29 is 9.53 Å². The van der Waals surface area contributed by atoms with Crippen LogP contribution in [0, 0.1) is 11.3 Å². The number of nitriles is 1. The molecule has 1 amide bonds. The molecule has 0 radical (unpaired) electrons. The molecule has 1 aliphatic rings. The zero-order valence-corrected chi connectivity index (χ0v) is 16.9. The first-order chi connectivity index (χ1) is 14.1. The number of carbonyl (C=O) groups excluding carboxylic acids is 1. The van der Waals surface area contributed by atoms with E-state index in [4.69, 9.17) is 10.00 Å². The molecular weight excluding hydrogens is 382 g/mol. The lowest BCUT2D eigenvalue weighted by Gasteiger charge is -2.30. The molecule has 5 nitrogen and oxygen atoms in total. The third-order valence-corrected chi connectivity index (χ3v) is 5.79. The van der Waals surface area contributed by atoms with Crippen LogP contribution in [0.1, 0.15) is 22.8 Å². The summed E-state index contributed by atoms with van der Waals surface area (Å²) in [7, 11) is 2.00. The second-order valence-electron chi connectivity index (χ2n) is 6.55. The summed E-state index contributed by atoms with van der Waals surface area (Å²) in [5.74, 6) is 0.669. The van der Waals surface area contributed by atoms with Crippen LogP contribution in [-0.4, -0.2) is 19.6 Å². The smallest absolute Gasteiger partial charge is 0.255 e. The molecule has 6 heteroatoms. The first-order valence-corrected chi connectivity index (χ1v) is 10.0. The van der Waals surface area contributed by atoms with E-state index in [0.29, 0.717) is 23.4 Å². The maximum absolute atomic E-state index is 12.7. The molecule has 1 aliphatic heterocycles. The molecule has 0 aromatic heterocycles. The molecule has 4 rings (SSSR count). The summed E-state index contributed by atoms with van der Waals surface area (Å²) in [4.78, 5) is 17.0. The molecule has 29 heavy (non-hydrogen) atoms. The predicted molar refractivity (Wildman–Crippen MR) is 115 cm³/mol. The fourth-order valence-corrected chi connectivity index (χ4v) is 4.35. The number of hydrogen-bond donors (Lipinski definition) is 1. The van der Waals surface area contributed by atoms with Gasteiger partial charge < -0.3 is 15.0 Å². The first kappa shape index (κ1) is 18.9. The number of nitrogens with zero attached hydrogens (tertiary/aromatic N) is 2. The Morgan fingerprint density at radius 1 is 1.07 bits per heavy atom. The van der Waals surface area contributed by atoms with Crippen molar-refractivity contribution in [2.75, 3.05) is 23.9 Å². The van der Waals surface area contributed by atoms with E-state index in [0.717, 1.165) is 26.9 Å². The maximum atomic E-state index is 12.7. The Morgan fingerprint density at radius 3 is 2.59 bits per heavy atom. The lowest BCUT2D eigenvalue weighted by atomic mass is 10.1. The third-order valence-electron chi connectivity index (χ3n) is 4.68. The predicted octanol–water partition coefficient (Wildman–Crippen LogP) is 5.44. The van der Waals surface area contributed by atoms with E-state index in [-0.39, 0.29) is 5.91 Å². The SMILES string of the molecule is CCOc1ccc2c(c1)Sc1ccc(C(=O)Nc3ccc(C#N)cc3)cc1N2C. The zero-order chi connectivity index (χ0) is 20.4. The van der Waals surface area contributed by atoms with E-state index in [1.165, 1.54) is 0 Å². The highest BCUT2D eigenvalue weighted by Gasteiger charge is 2.22. The number of fused-ring (bicyclic) bond motifs is 2. The molecule has 0 unspecified atom stereocenters. The quantitative estimate of drug-likeness (QED) is 0.630. The van der Waals surface area contributed by atoms with Gasteiger partial charge in [0.15, 0.2) is 0 Å². The van der Waals surface area contributed by atoms with Gasteiger partial charge in [-0.2, -0.15) is 5.26 Å². The van der Waals surface area contributed by atoms with Crippen LogP contribution < -0.4 is 15.0 Å². The van der Waals surface area contributed by atoms with Crippen molar-refractivity contribution in [1.82, 2.24) is 0 Å². The number of anilines is 3. The van der Waals surface area contributed by atoms with Gasteiger partial charge in [-0.05, 0) is 67.6 Å². The monoisotopic (exact) mass is 401 g/mol. The van der Waals surface area contributed by atoms with Gasteiger partial charge in [0.05, 0.1) is 29.6 Å². The fraction of sp³-hybridized carbons (Fsp3) is 0.130. The van der Waals surface area contributed by atoms with Crippen molar-refractivity contribution in [2.24, 2.45) is 0 Å². The lowest BCUT2D eigenvalue weighted by molar-refractivity contribution is 0.102. The Kier molecular flexibility index (Phi) is 5.15. The molecular formula is C23H19N3O2S. The number of nitrogens with one attached hydrogen (secondary N) is 1. The average Bonchev–Trinajstić information content (AvgIpc) is 2.74. The van der Waals surface area contributed by atoms with Crippen molar-refractivity contribution in [3.8, 4) is 11.8 Å². The van der Waals surface area contributed by atoms with E-state index < -0.39 is 0 Å². The maximum Gasteiger partial charge on any atom is 0.255 e. The summed E-state index contributed by atoms with van der Waals surface area (Å²) < 4.78 is 5.61. The lowest BCUT2D eigenvalue weighted by Crippen LogP contribution is -2.17. The number of carbonyl (C=O) groups is 1. The Morgan fingerprint density at radius 2 is 1.86 bits per heavy atom. The number of rotatable bonds is 4. The van der Waals surface area contributed by atoms with Crippen molar-refractivity contribution in [1.29, 1.82) is 5.26 Å².